The largest absolute Gasteiger partial charge is 0.395 e. The molecule has 1 rings (SSSR count). The van der Waals surface area contributed by atoms with Crippen molar-refractivity contribution < 1.29 is 20.4 Å². The molecule has 0 radical (unpaired) electrons. The summed E-state index contributed by atoms with van der Waals surface area (Å²) in [5.74, 6) is 0. The number of nitrogens with one attached hydrogen (secondary N) is 1. The Morgan fingerprint density at radius 1 is 1.31 bits per heavy atom. The van der Waals surface area contributed by atoms with Gasteiger partial charge >= 0.3 is 0 Å². The zero-order valence-corrected chi connectivity index (χ0v) is 7.43. The highest BCUT2D eigenvalue weighted by molar-refractivity contribution is 4.88. The summed E-state index contributed by atoms with van der Waals surface area (Å²) in [6, 6.07) is -0.513. The molecule has 0 bridgehead atoms. The number of aliphatic hydroxyl groups is 4. The molecule has 0 unspecified atom stereocenters. The van der Waals surface area contributed by atoms with Gasteiger partial charge in [-0.3, -0.25) is 0 Å². The second-order valence-corrected chi connectivity index (χ2v) is 3.53. The smallest absolute Gasteiger partial charge is 0.0924 e. The van der Waals surface area contributed by atoms with E-state index in [1.807, 2.05) is 0 Å². The third-order valence-corrected chi connectivity index (χ3v) is 2.40. The van der Waals surface area contributed by atoms with E-state index in [2.05, 4.69) is 5.32 Å². The average molecular weight is 191 g/mol. The second-order valence-electron chi connectivity index (χ2n) is 3.53. The molecule has 1 saturated heterocycles. The van der Waals surface area contributed by atoms with E-state index >= 15 is 0 Å². The summed E-state index contributed by atoms with van der Waals surface area (Å²) in [6.07, 6.45) is -0.475. The molecule has 5 N–H and O–H groups in total. The van der Waals surface area contributed by atoms with Gasteiger partial charge in [0.25, 0.3) is 0 Å². The standard InChI is InChI=1S/C8H17NO4/c10-3-5-1-6(12)2-7(9-5)8(13)4-11/h5-13H,1-4H2/t5-,6-,7+,8+/m0/s1. The van der Waals surface area contributed by atoms with Gasteiger partial charge in [-0.25, -0.2) is 0 Å². The quantitative estimate of drug-likeness (QED) is 0.349. The van der Waals surface area contributed by atoms with Gasteiger partial charge in [0.2, 0.25) is 0 Å². The fourth-order valence-corrected chi connectivity index (χ4v) is 1.68. The molecule has 4 atom stereocenters. The predicted octanol–water partition coefficient (Wildman–Crippen LogP) is -2.19. The molecule has 5 heteroatoms. The molecule has 1 aliphatic rings. The molecule has 0 aromatic rings. The van der Waals surface area contributed by atoms with Gasteiger partial charge in [-0.15, -0.1) is 0 Å². The highest BCUT2D eigenvalue weighted by Gasteiger charge is 2.30. The average Bonchev–Trinajstić information content (AvgIpc) is 2.15. The molecule has 78 valence electrons. The summed E-state index contributed by atoms with van der Waals surface area (Å²) in [7, 11) is 0. The number of rotatable bonds is 3. The minimum absolute atomic E-state index is 0.0638. The lowest BCUT2D eigenvalue weighted by molar-refractivity contribution is 0.00374. The van der Waals surface area contributed by atoms with Gasteiger partial charge in [0.05, 0.1) is 25.4 Å². The Balaban J connectivity index is 2.46. The maximum absolute atomic E-state index is 9.38. The van der Waals surface area contributed by atoms with E-state index in [0.717, 1.165) is 0 Å². The molecular formula is C8H17NO4. The molecule has 5 nitrogen and oxygen atoms in total. The second kappa shape index (κ2) is 4.88. The van der Waals surface area contributed by atoms with E-state index in [1.54, 1.807) is 0 Å². The van der Waals surface area contributed by atoms with Crippen molar-refractivity contribution in [3.05, 3.63) is 0 Å². The van der Waals surface area contributed by atoms with Gasteiger partial charge < -0.3 is 25.7 Å². The summed E-state index contributed by atoms with van der Waals surface area (Å²) in [6.45, 7) is -0.395. The van der Waals surface area contributed by atoms with Crippen LogP contribution in [0.15, 0.2) is 0 Å². The van der Waals surface area contributed by atoms with Crippen molar-refractivity contribution in [2.24, 2.45) is 0 Å². The van der Waals surface area contributed by atoms with Crippen LogP contribution in [0.1, 0.15) is 12.8 Å². The maximum atomic E-state index is 9.38. The van der Waals surface area contributed by atoms with Crippen LogP contribution in [-0.4, -0.2) is 57.9 Å². The van der Waals surface area contributed by atoms with Crippen LogP contribution < -0.4 is 5.32 Å². The van der Waals surface area contributed by atoms with Crippen molar-refractivity contribution in [2.75, 3.05) is 13.2 Å². The molecule has 1 heterocycles. The minimum atomic E-state index is -0.871. The summed E-state index contributed by atoms with van der Waals surface area (Å²) < 4.78 is 0. The molecule has 13 heavy (non-hydrogen) atoms. The first kappa shape index (κ1) is 10.9. The third kappa shape index (κ3) is 2.89. The lowest BCUT2D eigenvalue weighted by Gasteiger charge is -2.35. The van der Waals surface area contributed by atoms with Crippen LogP contribution >= 0.6 is 0 Å². The first-order valence-electron chi connectivity index (χ1n) is 4.51. The van der Waals surface area contributed by atoms with Crippen LogP contribution in [-0.2, 0) is 0 Å². The van der Waals surface area contributed by atoms with Gasteiger partial charge in [0, 0.05) is 12.1 Å². The van der Waals surface area contributed by atoms with Crippen LogP contribution in [0.25, 0.3) is 0 Å². The molecule has 1 aliphatic heterocycles. The van der Waals surface area contributed by atoms with Gasteiger partial charge in [0.1, 0.15) is 0 Å². The molecule has 0 aromatic heterocycles. The predicted molar refractivity (Wildman–Crippen MR) is 46.1 cm³/mol. The van der Waals surface area contributed by atoms with Crippen molar-refractivity contribution >= 4 is 0 Å². The van der Waals surface area contributed by atoms with Crippen molar-refractivity contribution in [3.63, 3.8) is 0 Å². The Morgan fingerprint density at radius 2 is 2.00 bits per heavy atom. The molecule has 0 aliphatic carbocycles. The van der Waals surface area contributed by atoms with Crippen LogP contribution in [0.3, 0.4) is 0 Å². The van der Waals surface area contributed by atoms with E-state index in [1.165, 1.54) is 0 Å². The lowest BCUT2D eigenvalue weighted by atomic mass is 9.93. The first-order valence-corrected chi connectivity index (χ1v) is 4.51. The Bertz CT molecular complexity index is 155. The Morgan fingerprint density at radius 3 is 2.54 bits per heavy atom. The fraction of sp³-hybridized carbons (Fsp3) is 1.00. The van der Waals surface area contributed by atoms with Crippen LogP contribution in [0.4, 0.5) is 0 Å². The van der Waals surface area contributed by atoms with Gasteiger partial charge in [-0.2, -0.15) is 0 Å². The molecule has 0 spiro atoms. The normalized spacial score (nSPS) is 37.4. The lowest BCUT2D eigenvalue weighted by Crippen LogP contribution is -2.54. The third-order valence-electron chi connectivity index (χ3n) is 2.40. The Hall–Kier alpha value is -0.200. The molecule has 0 saturated carbocycles. The number of hydrogen-bond acceptors (Lipinski definition) is 5. The minimum Gasteiger partial charge on any atom is -0.395 e. The van der Waals surface area contributed by atoms with Gasteiger partial charge in [0.15, 0.2) is 0 Å². The van der Waals surface area contributed by atoms with Crippen molar-refractivity contribution in [3.8, 4) is 0 Å². The monoisotopic (exact) mass is 191 g/mol. The van der Waals surface area contributed by atoms with Crippen molar-refractivity contribution in [2.45, 2.75) is 37.1 Å². The molecule has 0 amide bonds. The summed E-state index contributed by atoms with van der Waals surface area (Å²) >= 11 is 0. The highest BCUT2D eigenvalue weighted by atomic mass is 16.3. The summed E-state index contributed by atoms with van der Waals surface area (Å²) in [5.41, 5.74) is 0. The molecule has 1 fully saturated rings. The molecular weight excluding hydrogens is 174 g/mol. The number of aliphatic hydroxyl groups excluding tert-OH is 4. The van der Waals surface area contributed by atoms with E-state index < -0.39 is 12.2 Å². The van der Waals surface area contributed by atoms with Crippen LogP contribution in [0, 0.1) is 0 Å². The topological polar surface area (TPSA) is 93.0 Å². The van der Waals surface area contributed by atoms with Gasteiger partial charge in [-0.1, -0.05) is 0 Å². The number of hydrogen-bond donors (Lipinski definition) is 5. The number of piperidine rings is 1. The summed E-state index contributed by atoms with van der Waals surface area (Å²) in [4.78, 5) is 0. The van der Waals surface area contributed by atoms with E-state index in [-0.39, 0.29) is 25.3 Å². The highest BCUT2D eigenvalue weighted by Crippen LogP contribution is 2.15. The Kier molecular flexibility index (Phi) is 4.08. The molecule has 0 aromatic carbocycles. The first-order chi connectivity index (χ1) is 6.17. The van der Waals surface area contributed by atoms with Crippen molar-refractivity contribution in [1.82, 2.24) is 5.32 Å². The van der Waals surface area contributed by atoms with Crippen LogP contribution in [0.2, 0.25) is 0 Å². The fourth-order valence-electron chi connectivity index (χ4n) is 1.68. The van der Waals surface area contributed by atoms with E-state index in [0.29, 0.717) is 12.8 Å². The summed E-state index contributed by atoms with van der Waals surface area (Å²) in [5, 5.41) is 39.2. The van der Waals surface area contributed by atoms with Gasteiger partial charge in [-0.05, 0) is 12.8 Å². The van der Waals surface area contributed by atoms with Crippen LogP contribution in [0.5, 0.6) is 0 Å². The SMILES string of the molecule is OC[C@@H]1C[C@H](O)C[C@H]([C@H](O)CO)N1. The van der Waals surface area contributed by atoms with E-state index in [9.17, 15) is 10.2 Å². The zero-order valence-electron chi connectivity index (χ0n) is 7.43. The van der Waals surface area contributed by atoms with E-state index in [4.69, 9.17) is 10.2 Å². The Labute approximate surface area is 77.0 Å². The van der Waals surface area contributed by atoms with Crippen molar-refractivity contribution in [1.29, 1.82) is 0 Å². The zero-order chi connectivity index (χ0) is 9.84. The maximum Gasteiger partial charge on any atom is 0.0924 e.